The van der Waals surface area contributed by atoms with E-state index in [2.05, 4.69) is 10.3 Å². The molecule has 2 aromatic rings. The first-order chi connectivity index (χ1) is 7.25. The first-order valence-corrected chi connectivity index (χ1v) is 5.99. The van der Waals surface area contributed by atoms with Gasteiger partial charge in [0.05, 0.1) is 16.1 Å². The number of fused-ring (bicyclic) bond motifs is 1. The van der Waals surface area contributed by atoms with Crippen molar-refractivity contribution >= 4 is 39.4 Å². The first-order valence-electron chi connectivity index (χ1n) is 4.19. The van der Waals surface area contributed by atoms with Gasteiger partial charge in [0.15, 0.2) is 4.34 Å². The number of rotatable bonds is 3. The Bertz CT molecular complexity index is 451. The van der Waals surface area contributed by atoms with Crippen LogP contribution in [0.3, 0.4) is 0 Å². The van der Waals surface area contributed by atoms with Gasteiger partial charge in [0, 0.05) is 0 Å². The highest BCUT2D eigenvalue weighted by molar-refractivity contribution is 8.01. The van der Waals surface area contributed by atoms with E-state index in [-0.39, 0.29) is 5.88 Å². The molecule has 15 heavy (non-hydrogen) atoms. The van der Waals surface area contributed by atoms with Crippen LogP contribution in [0.1, 0.15) is 0 Å². The molecule has 2 rings (SSSR count). The molecule has 1 amide bonds. The molecule has 0 spiro atoms. The Morgan fingerprint density at radius 2 is 2.27 bits per heavy atom. The van der Waals surface area contributed by atoms with Crippen LogP contribution < -0.4 is 5.32 Å². The van der Waals surface area contributed by atoms with E-state index in [0.29, 0.717) is 0 Å². The summed E-state index contributed by atoms with van der Waals surface area (Å²) in [6, 6.07) is 7.80. The van der Waals surface area contributed by atoms with Crippen LogP contribution in [0, 0.1) is 0 Å². The van der Waals surface area contributed by atoms with E-state index in [0.717, 1.165) is 14.6 Å². The van der Waals surface area contributed by atoms with Crippen LogP contribution in [0.4, 0.5) is 4.79 Å². The number of thioether (sulfide) groups is 1. The molecule has 77 valence electrons. The maximum Gasteiger partial charge on any atom is 0.451 e. The van der Waals surface area contributed by atoms with Crippen LogP contribution in [-0.2, 0) is 5.11 Å². The van der Waals surface area contributed by atoms with Gasteiger partial charge in [-0.15, -0.1) is 11.3 Å². The maximum absolute atomic E-state index is 10.1. The summed E-state index contributed by atoms with van der Waals surface area (Å²) >= 11 is 2.90. The molecule has 0 aliphatic rings. The summed E-state index contributed by atoms with van der Waals surface area (Å²) < 4.78 is 1.96. The van der Waals surface area contributed by atoms with Crippen molar-refractivity contribution in [2.24, 2.45) is 0 Å². The van der Waals surface area contributed by atoms with E-state index in [1.165, 1.54) is 11.8 Å². The van der Waals surface area contributed by atoms with Gasteiger partial charge >= 0.3 is 6.09 Å². The number of carbonyl (C=O) groups excluding carboxylic acids is 1. The standard InChI is InChI=1S/C9H7N2O2S2/c12-8(13)10-5-14-9-11-6-3-1-2-4-7(6)15-9/h1-4,10H,5H2. The molecule has 0 aliphatic carbocycles. The van der Waals surface area contributed by atoms with Crippen molar-refractivity contribution in [2.75, 3.05) is 5.88 Å². The van der Waals surface area contributed by atoms with E-state index in [4.69, 9.17) is 0 Å². The van der Waals surface area contributed by atoms with Gasteiger partial charge in [-0.2, -0.15) is 0 Å². The number of benzene rings is 1. The summed E-state index contributed by atoms with van der Waals surface area (Å²) in [7, 11) is 0. The second-order valence-electron chi connectivity index (χ2n) is 2.70. The summed E-state index contributed by atoms with van der Waals surface area (Å²) in [5.74, 6) is 0.266. The molecular formula is C9H7N2O2S2. The Morgan fingerprint density at radius 3 is 3.00 bits per heavy atom. The zero-order chi connectivity index (χ0) is 10.7. The normalized spacial score (nSPS) is 10.4. The van der Waals surface area contributed by atoms with Crippen LogP contribution in [0.2, 0.25) is 0 Å². The second-order valence-corrected chi connectivity index (χ2v) is 4.95. The number of aromatic nitrogens is 1. The quantitative estimate of drug-likeness (QED) is 0.661. The molecule has 0 aliphatic heterocycles. The highest BCUT2D eigenvalue weighted by Gasteiger charge is 2.04. The molecular weight excluding hydrogens is 232 g/mol. The van der Waals surface area contributed by atoms with Crippen molar-refractivity contribution < 1.29 is 9.90 Å². The number of nitrogens with one attached hydrogen (secondary N) is 1. The molecule has 0 bridgehead atoms. The number of hydrogen-bond acceptors (Lipinski definition) is 4. The minimum Gasteiger partial charge on any atom is -0.309 e. The fourth-order valence-electron chi connectivity index (χ4n) is 1.07. The summed E-state index contributed by atoms with van der Waals surface area (Å²) in [4.78, 5) is 14.4. The van der Waals surface area contributed by atoms with Crippen molar-refractivity contribution in [3.8, 4) is 0 Å². The van der Waals surface area contributed by atoms with Crippen molar-refractivity contribution in [3.05, 3.63) is 24.3 Å². The monoisotopic (exact) mass is 239 g/mol. The molecule has 0 fully saturated rings. The molecule has 1 aromatic carbocycles. The summed E-state index contributed by atoms with van der Waals surface area (Å²) in [5, 5.41) is 12.3. The lowest BCUT2D eigenvalue weighted by Crippen LogP contribution is -2.18. The molecule has 1 radical (unpaired) electrons. The fraction of sp³-hybridized carbons (Fsp3) is 0.111. The van der Waals surface area contributed by atoms with Gasteiger partial charge in [-0.05, 0) is 12.1 Å². The minimum absolute atomic E-state index is 0.266. The first kappa shape index (κ1) is 10.3. The Balaban J connectivity index is 2.05. The predicted octanol–water partition coefficient (Wildman–Crippen LogP) is 2.49. The molecule has 1 N–H and O–H groups in total. The number of thiazole rings is 1. The van der Waals surface area contributed by atoms with Gasteiger partial charge in [0.25, 0.3) is 0 Å². The Labute approximate surface area is 94.3 Å². The van der Waals surface area contributed by atoms with E-state index in [1.807, 2.05) is 24.3 Å². The van der Waals surface area contributed by atoms with Crippen LogP contribution in [0.5, 0.6) is 0 Å². The Hall–Kier alpha value is -1.27. The molecule has 6 heteroatoms. The summed E-state index contributed by atoms with van der Waals surface area (Å²) in [6.45, 7) is 0. The molecule has 1 aromatic heterocycles. The Morgan fingerprint density at radius 1 is 1.47 bits per heavy atom. The average molecular weight is 239 g/mol. The van der Waals surface area contributed by atoms with Crippen LogP contribution in [0.25, 0.3) is 10.2 Å². The molecule has 0 saturated heterocycles. The fourth-order valence-corrected chi connectivity index (χ4v) is 2.92. The smallest absolute Gasteiger partial charge is 0.309 e. The largest absolute Gasteiger partial charge is 0.451 e. The molecule has 4 nitrogen and oxygen atoms in total. The maximum atomic E-state index is 10.1. The predicted molar refractivity (Wildman–Crippen MR) is 59.6 cm³/mol. The van der Waals surface area contributed by atoms with E-state index < -0.39 is 6.09 Å². The molecule has 0 unspecified atom stereocenters. The average Bonchev–Trinajstić information content (AvgIpc) is 2.59. The van der Waals surface area contributed by atoms with Gasteiger partial charge in [-0.3, -0.25) is 0 Å². The van der Waals surface area contributed by atoms with Gasteiger partial charge < -0.3 is 5.32 Å². The van der Waals surface area contributed by atoms with Crippen molar-refractivity contribution in [3.63, 3.8) is 0 Å². The van der Waals surface area contributed by atoms with Crippen LogP contribution >= 0.6 is 23.1 Å². The van der Waals surface area contributed by atoms with Crippen LogP contribution in [0.15, 0.2) is 28.6 Å². The molecule has 0 atom stereocenters. The van der Waals surface area contributed by atoms with Gasteiger partial charge in [-0.1, -0.05) is 23.9 Å². The lowest BCUT2D eigenvalue weighted by atomic mass is 10.3. The lowest BCUT2D eigenvalue weighted by Gasteiger charge is -1.94. The highest BCUT2D eigenvalue weighted by atomic mass is 32.2. The van der Waals surface area contributed by atoms with E-state index in [1.54, 1.807) is 11.3 Å². The molecule has 1 heterocycles. The number of hydrogen-bond donors (Lipinski definition) is 1. The topological polar surface area (TPSA) is 61.9 Å². The van der Waals surface area contributed by atoms with E-state index in [9.17, 15) is 9.90 Å². The van der Waals surface area contributed by atoms with Gasteiger partial charge in [0.1, 0.15) is 0 Å². The van der Waals surface area contributed by atoms with E-state index >= 15 is 0 Å². The minimum atomic E-state index is -1.26. The van der Waals surface area contributed by atoms with Gasteiger partial charge in [-0.25, -0.2) is 14.9 Å². The third kappa shape index (κ3) is 2.60. The third-order valence-electron chi connectivity index (χ3n) is 1.69. The zero-order valence-corrected chi connectivity index (χ0v) is 9.23. The summed E-state index contributed by atoms with van der Waals surface area (Å²) in [6.07, 6.45) is -1.26. The second kappa shape index (κ2) is 4.50. The van der Waals surface area contributed by atoms with Crippen molar-refractivity contribution in [1.82, 2.24) is 10.3 Å². The van der Waals surface area contributed by atoms with Crippen molar-refractivity contribution in [2.45, 2.75) is 4.34 Å². The number of carbonyl (C=O) groups is 1. The summed E-state index contributed by atoms with van der Waals surface area (Å²) in [5.41, 5.74) is 0.943. The van der Waals surface area contributed by atoms with Crippen molar-refractivity contribution in [1.29, 1.82) is 0 Å². The molecule has 0 saturated carbocycles. The SMILES string of the molecule is [O]C(=O)NCSc1nc2ccccc2s1. The Kier molecular flexibility index (Phi) is 3.08. The van der Waals surface area contributed by atoms with Gasteiger partial charge in [0.2, 0.25) is 0 Å². The van der Waals surface area contributed by atoms with Crippen LogP contribution in [-0.4, -0.2) is 17.0 Å². The highest BCUT2D eigenvalue weighted by Crippen LogP contribution is 2.28. The number of amides is 1. The lowest BCUT2D eigenvalue weighted by molar-refractivity contribution is 0.170. The third-order valence-corrected chi connectivity index (χ3v) is 3.75. The number of para-hydroxylation sites is 1. The zero-order valence-electron chi connectivity index (χ0n) is 7.60. The number of nitrogens with zero attached hydrogens (tertiary/aromatic N) is 1.